The summed E-state index contributed by atoms with van der Waals surface area (Å²) >= 11 is 0. The highest BCUT2D eigenvalue weighted by molar-refractivity contribution is 6.09. The molecule has 4 amide bonds. The Morgan fingerprint density at radius 2 is 2.14 bits per heavy atom. The number of amides is 4. The second-order valence-corrected chi connectivity index (χ2v) is 6.64. The lowest BCUT2D eigenvalue weighted by Crippen LogP contribution is -2.54. The number of carbonyl (C=O) groups excluding carboxylic acids is 3. The van der Waals surface area contributed by atoms with E-state index in [2.05, 4.69) is 10.6 Å². The molecule has 2 N–H and O–H groups in total. The summed E-state index contributed by atoms with van der Waals surface area (Å²) in [6.07, 6.45) is 3.62. The summed E-state index contributed by atoms with van der Waals surface area (Å²) in [5.41, 5.74) is -0.784. The molecule has 0 aromatic carbocycles. The monoisotopic (exact) mass is 295 g/mol. The molecule has 0 aromatic heterocycles. The lowest BCUT2D eigenvalue weighted by atomic mass is 9.73. The number of rotatable bonds is 4. The lowest BCUT2D eigenvalue weighted by Gasteiger charge is -2.36. The van der Waals surface area contributed by atoms with Crippen LogP contribution >= 0.6 is 0 Å². The SMILES string of the molecule is CC(C)CNC(=O)CN1C(=O)N[C@]2(CCCC[C@@H]2C)C1=O. The van der Waals surface area contributed by atoms with Crippen LogP contribution in [0.5, 0.6) is 0 Å². The first kappa shape index (κ1) is 15.8. The summed E-state index contributed by atoms with van der Waals surface area (Å²) < 4.78 is 0. The predicted molar refractivity (Wildman–Crippen MR) is 78.5 cm³/mol. The maximum Gasteiger partial charge on any atom is 0.325 e. The summed E-state index contributed by atoms with van der Waals surface area (Å²) in [4.78, 5) is 37.7. The fourth-order valence-electron chi connectivity index (χ4n) is 3.16. The first-order valence-corrected chi connectivity index (χ1v) is 7.77. The number of urea groups is 1. The molecule has 1 saturated heterocycles. The van der Waals surface area contributed by atoms with Crippen molar-refractivity contribution in [3.8, 4) is 0 Å². The molecule has 2 atom stereocenters. The quantitative estimate of drug-likeness (QED) is 0.766. The van der Waals surface area contributed by atoms with Crippen LogP contribution in [0.2, 0.25) is 0 Å². The second kappa shape index (κ2) is 6.03. The molecule has 0 unspecified atom stereocenters. The van der Waals surface area contributed by atoms with Crippen molar-refractivity contribution in [2.45, 2.75) is 52.0 Å². The Kier molecular flexibility index (Phi) is 4.54. The molecule has 0 bridgehead atoms. The average Bonchev–Trinajstić information content (AvgIpc) is 2.65. The van der Waals surface area contributed by atoms with Gasteiger partial charge in [0.1, 0.15) is 12.1 Å². The molecule has 6 nitrogen and oxygen atoms in total. The molecule has 2 fully saturated rings. The minimum absolute atomic E-state index is 0.117. The fourth-order valence-corrected chi connectivity index (χ4v) is 3.16. The van der Waals surface area contributed by atoms with Crippen LogP contribution in [0.15, 0.2) is 0 Å². The number of carbonyl (C=O) groups is 3. The van der Waals surface area contributed by atoms with Crippen LogP contribution in [-0.4, -0.2) is 41.4 Å². The van der Waals surface area contributed by atoms with Crippen molar-refractivity contribution in [2.24, 2.45) is 11.8 Å². The first-order chi connectivity index (χ1) is 9.86. The van der Waals surface area contributed by atoms with E-state index in [9.17, 15) is 14.4 Å². The largest absolute Gasteiger partial charge is 0.354 e. The summed E-state index contributed by atoms with van der Waals surface area (Å²) in [7, 11) is 0. The summed E-state index contributed by atoms with van der Waals surface area (Å²) in [6.45, 7) is 6.34. The Morgan fingerprint density at radius 3 is 2.76 bits per heavy atom. The van der Waals surface area contributed by atoms with E-state index in [1.807, 2.05) is 20.8 Å². The van der Waals surface area contributed by atoms with Crippen LogP contribution in [0.3, 0.4) is 0 Å². The van der Waals surface area contributed by atoms with Gasteiger partial charge in [0.05, 0.1) is 0 Å². The maximum atomic E-state index is 12.6. The molecular weight excluding hydrogens is 270 g/mol. The van der Waals surface area contributed by atoms with Crippen molar-refractivity contribution in [2.75, 3.05) is 13.1 Å². The molecule has 2 rings (SSSR count). The Morgan fingerprint density at radius 1 is 1.43 bits per heavy atom. The Hall–Kier alpha value is -1.59. The van der Waals surface area contributed by atoms with Gasteiger partial charge in [-0.25, -0.2) is 4.79 Å². The molecule has 1 aliphatic heterocycles. The summed E-state index contributed by atoms with van der Waals surface area (Å²) in [5, 5.41) is 5.59. The van der Waals surface area contributed by atoms with E-state index in [1.165, 1.54) is 0 Å². The van der Waals surface area contributed by atoms with Crippen LogP contribution < -0.4 is 10.6 Å². The zero-order valence-corrected chi connectivity index (χ0v) is 13.1. The average molecular weight is 295 g/mol. The molecule has 0 radical (unpaired) electrons. The van der Waals surface area contributed by atoms with Crippen LogP contribution in [0, 0.1) is 11.8 Å². The van der Waals surface area contributed by atoms with Gasteiger partial charge in [-0.2, -0.15) is 0 Å². The number of hydrogen-bond acceptors (Lipinski definition) is 3. The summed E-state index contributed by atoms with van der Waals surface area (Å²) in [6, 6.07) is -0.437. The molecule has 1 heterocycles. The van der Waals surface area contributed by atoms with Crippen LogP contribution in [0.1, 0.15) is 46.5 Å². The van der Waals surface area contributed by atoms with Gasteiger partial charge in [0.15, 0.2) is 0 Å². The van der Waals surface area contributed by atoms with E-state index in [-0.39, 0.29) is 24.3 Å². The van der Waals surface area contributed by atoms with Gasteiger partial charge in [0, 0.05) is 6.54 Å². The molecule has 0 aromatic rings. The van der Waals surface area contributed by atoms with E-state index >= 15 is 0 Å². The number of imide groups is 1. The molecule has 1 saturated carbocycles. The normalized spacial score (nSPS) is 29.1. The minimum Gasteiger partial charge on any atom is -0.354 e. The van der Waals surface area contributed by atoms with E-state index in [0.29, 0.717) is 18.9 Å². The van der Waals surface area contributed by atoms with Crippen molar-refractivity contribution in [3.63, 3.8) is 0 Å². The van der Waals surface area contributed by atoms with Crippen LogP contribution in [0.25, 0.3) is 0 Å². The molecular formula is C15H25N3O3. The Balaban J connectivity index is 2.03. The zero-order valence-electron chi connectivity index (χ0n) is 13.1. The van der Waals surface area contributed by atoms with Gasteiger partial charge in [-0.15, -0.1) is 0 Å². The van der Waals surface area contributed by atoms with Gasteiger partial charge in [-0.3, -0.25) is 14.5 Å². The van der Waals surface area contributed by atoms with Crippen molar-refractivity contribution >= 4 is 17.8 Å². The smallest absolute Gasteiger partial charge is 0.325 e. The van der Waals surface area contributed by atoms with Crippen LogP contribution in [0.4, 0.5) is 4.79 Å². The van der Waals surface area contributed by atoms with Crippen molar-refractivity contribution < 1.29 is 14.4 Å². The number of nitrogens with one attached hydrogen (secondary N) is 2. The van der Waals surface area contributed by atoms with Crippen molar-refractivity contribution in [3.05, 3.63) is 0 Å². The topological polar surface area (TPSA) is 78.5 Å². The number of hydrogen-bond donors (Lipinski definition) is 2. The lowest BCUT2D eigenvalue weighted by molar-refractivity contribution is -0.137. The number of nitrogens with zero attached hydrogens (tertiary/aromatic N) is 1. The van der Waals surface area contributed by atoms with E-state index in [4.69, 9.17) is 0 Å². The van der Waals surface area contributed by atoms with Gasteiger partial charge in [0.2, 0.25) is 5.91 Å². The standard InChI is InChI=1S/C15H25N3O3/c1-10(2)8-16-12(19)9-18-13(20)15(17-14(18)21)7-5-4-6-11(15)3/h10-11H,4-9H2,1-3H3,(H,16,19)(H,17,21)/t11-,15-/m0/s1. The highest BCUT2D eigenvalue weighted by Crippen LogP contribution is 2.38. The van der Waals surface area contributed by atoms with E-state index in [1.54, 1.807) is 0 Å². The fraction of sp³-hybridized carbons (Fsp3) is 0.800. The zero-order chi connectivity index (χ0) is 15.6. The van der Waals surface area contributed by atoms with Crippen molar-refractivity contribution in [1.29, 1.82) is 0 Å². The molecule has 118 valence electrons. The predicted octanol–water partition coefficient (Wildman–Crippen LogP) is 1.26. The van der Waals surface area contributed by atoms with Gasteiger partial charge in [-0.1, -0.05) is 33.6 Å². The first-order valence-electron chi connectivity index (χ1n) is 7.77. The maximum absolute atomic E-state index is 12.6. The molecule has 1 aliphatic carbocycles. The summed E-state index contributed by atoms with van der Waals surface area (Å²) in [5.74, 6) is -0.0692. The molecule has 2 aliphatic rings. The van der Waals surface area contributed by atoms with Crippen molar-refractivity contribution in [1.82, 2.24) is 15.5 Å². The highest BCUT2D eigenvalue weighted by atomic mass is 16.2. The minimum atomic E-state index is -0.784. The van der Waals surface area contributed by atoms with E-state index in [0.717, 1.165) is 24.2 Å². The third-order valence-electron chi connectivity index (χ3n) is 4.51. The van der Waals surface area contributed by atoms with E-state index < -0.39 is 11.6 Å². The Labute approximate surface area is 125 Å². The van der Waals surface area contributed by atoms with Gasteiger partial charge in [-0.05, 0) is 24.7 Å². The molecule has 6 heteroatoms. The third-order valence-corrected chi connectivity index (χ3v) is 4.51. The molecule has 1 spiro atoms. The van der Waals surface area contributed by atoms with Gasteiger partial charge in [0.25, 0.3) is 5.91 Å². The van der Waals surface area contributed by atoms with Gasteiger partial charge >= 0.3 is 6.03 Å². The van der Waals surface area contributed by atoms with Crippen LogP contribution in [-0.2, 0) is 9.59 Å². The van der Waals surface area contributed by atoms with Gasteiger partial charge < -0.3 is 10.6 Å². The Bertz CT molecular complexity index is 449. The highest BCUT2D eigenvalue weighted by Gasteiger charge is 2.55. The second-order valence-electron chi connectivity index (χ2n) is 6.64. The molecule has 21 heavy (non-hydrogen) atoms. The third kappa shape index (κ3) is 3.04.